The first-order valence-electron chi connectivity index (χ1n) is 14.6. The second-order valence-electron chi connectivity index (χ2n) is 12.2. The molecule has 1 N–H and O–H groups in total. The molecule has 3 aromatic rings. The zero-order chi connectivity index (χ0) is 26.4. The highest BCUT2D eigenvalue weighted by atomic mass is 32.1. The minimum Gasteiger partial charge on any atom is -0.480 e. The van der Waals surface area contributed by atoms with Crippen molar-refractivity contribution >= 4 is 22.3 Å². The van der Waals surface area contributed by atoms with Crippen LogP contribution in [0.5, 0.6) is 0 Å². The zero-order valence-corrected chi connectivity index (χ0v) is 23.9. The van der Waals surface area contributed by atoms with E-state index in [0.29, 0.717) is 23.7 Å². The fourth-order valence-electron chi connectivity index (χ4n) is 7.23. The number of carboxylic acid groups (broad SMARTS) is 1. The molecule has 204 valence electrons. The van der Waals surface area contributed by atoms with Gasteiger partial charge in [0.05, 0.1) is 6.20 Å². The van der Waals surface area contributed by atoms with Crippen molar-refractivity contribution < 1.29 is 9.90 Å². The van der Waals surface area contributed by atoms with Gasteiger partial charge in [0.15, 0.2) is 4.96 Å². The molecule has 38 heavy (non-hydrogen) atoms. The first-order chi connectivity index (χ1) is 18.4. The van der Waals surface area contributed by atoms with Gasteiger partial charge < -0.3 is 10.0 Å². The number of imidazole rings is 1. The van der Waals surface area contributed by atoms with Gasteiger partial charge in [-0.3, -0.25) is 14.1 Å². The van der Waals surface area contributed by atoms with Crippen LogP contribution in [0.3, 0.4) is 0 Å². The number of aryl methyl sites for hydroxylation is 3. The molecule has 2 aliphatic heterocycles. The highest BCUT2D eigenvalue weighted by molar-refractivity contribution is 7.17. The molecule has 3 aliphatic rings. The van der Waals surface area contributed by atoms with Crippen molar-refractivity contribution in [3.8, 4) is 0 Å². The summed E-state index contributed by atoms with van der Waals surface area (Å²) in [7, 11) is 0. The van der Waals surface area contributed by atoms with E-state index in [1.165, 1.54) is 46.7 Å². The first kappa shape index (κ1) is 26.0. The Bertz CT molecular complexity index is 1290. The topological polar surface area (TPSA) is 61.1 Å². The maximum Gasteiger partial charge on any atom is 0.320 e. The summed E-state index contributed by atoms with van der Waals surface area (Å²) < 4.78 is 2.39. The molecule has 1 saturated carbocycles. The third-order valence-corrected chi connectivity index (χ3v) is 10.9. The quantitative estimate of drug-likeness (QED) is 0.392. The van der Waals surface area contributed by atoms with Crippen LogP contribution in [0.25, 0.3) is 4.96 Å². The van der Waals surface area contributed by atoms with Gasteiger partial charge in [0, 0.05) is 47.7 Å². The van der Waals surface area contributed by atoms with E-state index in [1.54, 1.807) is 11.3 Å². The fraction of sp³-hybridized carbons (Fsp3) is 0.613. The maximum atomic E-state index is 12.4. The van der Waals surface area contributed by atoms with Gasteiger partial charge in [0.1, 0.15) is 6.04 Å². The number of aliphatic carboxylic acids is 1. The molecule has 6 nitrogen and oxygen atoms in total. The smallest absolute Gasteiger partial charge is 0.320 e. The molecular weight excluding hydrogens is 492 g/mol. The number of fused-ring (bicyclic) bond motifs is 1. The van der Waals surface area contributed by atoms with Crippen LogP contribution < -0.4 is 0 Å². The number of nitrogens with zero attached hydrogens (tertiary/aromatic N) is 4. The van der Waals surface area contributed by atoms with Crippen LogP contribution >= 0.6 is 11.3 Å². The fourth-order valence-corrected chi connectivity index (χ4v) is 8.18. The third-order valence-electron chi connectivity index (χ3n) is 9.79. The molecule has 4 heterocycles. The third kappa shape index (κ3) is 5.05. The predicted molar refractivity (Wildman–Crippen MR) is 153 cm³/mol. The van der Waals surface area contributed by atoms with E-state index in [0.717, 1.165) is 56.9 Å². The number of hydrogen-bond donors (Lipinski definition) is 1. The molecule has 1 aromatic carbocycles. The van der Waals surface area contributed by atoms with Crippen molar-refractivity contribution in [1.29, 1.82) is 0 Å². The largest absolute Gasteiger partial charge is 0.480 e. The Morgan fingerprint density at radius 3 is 2.61 bits per heavy atom. The van der Waals surface area contributed by atoms with Crippen LogP contribution in [0.4, 0.5) is 0 Å². The lowest BCUT2D eigenvalue weighted by Gasteiger charge is -2.35. The maximum absolute atomic E-state index is 12.4. The molecule has 3 fully saturated rings. The van der Waals surface area contributed by atoms with Crippen molar-refractivity contribution in [2.75, 3.05) is 32.7 Å². The van der Waals surface area contributed by atoms with Gasteiger partial charge >= 0.3 is 5.97 Å². The van der Waals surface area contributed by atoms with Crippen molar-refractivity contribution in [1.82, 2.24) is 19.2 Å². The lowest BCUT2D eigenvalue weighted by Crippen LogP contribution is -2.43. The van der Waals surface area contributed by atoms with Crippen LogP contribution in [-0.4, -0.2) is 69.0 Å². The molecule has 0 amide bonds. The average Bonchev–Trinajstić information content (AvgIpc) is 3.54. The number of likely N-dealkylation sites (tertiary alicyclic amines) is 2. The summed E-state index contributed by atoms with van der Waals surface area (Å²) in [6, 6.07) is 8.57. The second-order valence-corrected chi connectivity index (χ2v) is 13.4. The van der Waals surface area contributed by atoms with Crippen LogP contribution in [-0.2, 0) is 4.79 Å². The molecule has 0 spiro atoms. The van der Waals surface area contributed by atoms with E-state index in [-0.39, 0.29) is 6.04 Å². The SMILES string of the molecule is Cc1cccc([C@H]2CN([C@H](CC3CCC3)C(=O)O)C[C@@H]2CN2CCC(c3cnc4sc(C)c(C)n34)CC2)c1. The summed E-state index contributed by atoms with van der Waals surface area (Å²) in [5, 5.41) is 10.2. The van der Waals surface area contributed by atoms with Crippen molar-refractivity contribution in [3.05, 3.63) is 57.9 Å². The molecule has 0 bridgehead atoms. The number of rotatable bonds is 8. The highest BCUT2D eigenvalue weighted by Gasteiger charge is 2.41. The van der Waals surface area contributed by atoms with Gasteiger partial charge in [-0.1, -0.05) is 49.1 Å². The second kappa shape index (κ2) is 10.7. The molecular formula is C31H42N4O2S. The van der Waals surface area contributed by atoms with Gasteiger partial charge in [-0.2, -0.15) is 0 Å². The predicted octanol–water partition coefficient (Wildman–Crippen LogP) is 5.86. The summed E-state index contributed by atoms with van der Waals surface area (Å²) in [4.78, 5) is 24.5. The Labute approximate surface area is 230 Å². The number of hydrogen-bond acceptors (Lipinski definition) is 5. The Morgan fingerprint density at radius 1 is 1.13 bits per heavy atom. The van der Waals surface area contributed by atoms with E-state index < -0.39 is 5.97 Å². The van der Waals surface area contributed by atoms with Gasteiger partial charge in [-0.05, 0) is 70.5 Å². The summed E-state index contributed by atoms with van der Waals surface area (Å²) >= 11 is 1.79. The molecule has 1 aliphatic carbocycles. The van der Waals surface area contributed by atoms with Crippen molar-refractivity contribution in [2.45, 2.75) is 77.2 Å². The highest BCUT2D eigenvalue weighted by Crippen LogP contribution is 2.39. The molecule has 0 unspecified atom stereocenters. The molecule has 6 rings (SSSR count). The van der Waals surface area contributed by atoms with Crippen molar-refractivity contribution in [3.63, 3.8) is 0 Å². The van der Waals surface area contributed by atoms with Gasteiger partial charge in [-0.25, -0.2) is 4.98 Å². The Morgan fingerprint density at radius 2 is 1.92 bits per heavy atom. The van der Waals surface area contributed by atoms with Crippen molar-refractivity contribution in [2.24, 2.45) is 11.8 Å². The zero-order valence-electron chi connectivity index (χ0n) is 23.1. The minimum absolute atomic E-state index is 0.343. The van der Waals surface area contributed by atoms with Crippen LogP contribution in [0.1, 0.15) is 77.8 Å². The molecule has 2 aromatic heterocycles. The van der Waals surface area contributed by atoms with Gasteiger partial charge in [-0.15, -0.1) is 11.3 Å². The first-order valence-corrected chi connectivity index (χ1v) is 15.4. The standard InChI is InChI=1S/C31H42N4O2S/c1-20-6-4-9-25(14-20)27-19-34(28(30(36)37)15-23-7-5-8-23)18-26(27)17-33-12-10-24(11-13-33)29-16-32-31-35(29)21(2)22(3)38-31/h4,6,9,14,16,23-24,26-28H,5,7-8,10-13,15,17-19H2,1-3H3,(H,36,37)/t26-,27+,28+/m0/s1. The number of aromatic nitrogens is 2. The average molecular weight is 535 g/mol. The van der Waals surface area contributed by atoms with Crippen LogP contribution in [0.2, 0.25) is 0 Å². The molecule has 0 radical (unpaired) electrons. The number of benzene rings is 1. The molecule has 2 saturated heterocycles. The summed E-state index contributed by atoms with van der Waals surface area (Å²) in [5.41, 5.74) is 5.38. The Hall–Kier alpha value is -2.22. The number of carboxylic acids is 1. The Balaban J connectivity index is 1.16. The van der Waals surface area contributed by atoms with Gasteiger partial charge in [0.2, 0.25) is 0 Å². The van der Waals surface area contributed by atoms with E-state index in [1.807, 2.05) is 0 Å². The van der Waals surface area contributed by atoms with Crippen LogP contribution in [0, 0.1) is 32.6 Å². The number of thiazole rings is 1. The Kier molecular flexibility index (Phi) is 7.36. The lowest BCUT2D eigenvalue weighted by molar-refractivity contribution is -0.144. The minimum atomic E-state index is -0.632. The van der Waals surface area contributed by atoms with Gasteiger partial charge in [0.25, 0.3) is 0 Å². The van der Waals surface area contributed by atoms with E-state index in [9.17, 15) is 9.90 Å². The summed E-state index contributed by atoms with van der Waals surface area (Å²) in [5.74, 6) is 1.37. The molecule has 7 heteroatoms. The van der Waals surface area contributed by atoms with E-state index >= 15 is 0 Å². The van der Waals surface area contributed by atoms with E-state index in [4.69, 9.17) is 4.98 Å². The summed E-state index contributed by atoms with van der Waals surface area (Å²) in [6.45, 7) is 11.6. The number of carbonyl (C=O) groups is 1. The normalized spacial score (nSPS) is 24.7. The summed E-state index contributed by atoms with van der Waals surface area (Å²) in [6.07, 6.45) is 8.90. The van der Waals surface area contributed by atoms with E-state index in [2.05, 4.69) is 65.4 Å². The monoisotopic (exact) mass is 534 g/mol. The molecule has 3 atom stereocenters. The number of piperidine rings is 1. The van der Waals surface area contributed by atoms with Crippen LogP contribution in [0.15, 0.2) is 30.5 Å². The lowest BCUT2D eigenvalue weighted by atomic mass is 9.80.